The Balaban J connectivity index is 1.92. The number of fused-ring (bicyclic) bond motifs is 1. The number of methoxy groups -OCH3 is 1. The lowest BCUT2D eigenvalue weighted by molar-refractivity contribution is 0.275. The van der Waals surface area contributed by atoms with Crippen LogP contribution in [0.15, 0.2) is 23.8 Å². The van der Waals surface area contributed by atoms with Crippen molar-refractivity contribution in [3.63, 3.8) is 0 Å². The molecule has 1 aromatic rings. The van der Waals surface area contributed by atoms with Gasteiger partial charge in [0.2, 0.25) is 0 Å². The maximum Gasteiger partial charge on any atom is 0.119 e. The zero-order chi connectivity index (χ0) is 13.9. The Kier molecular flexibility index (Phi) is 4.11. The molecule has 2 nitrogen and oxygen atoms in total. The summed E-state index contributed by atoms with van der Waals surface area (Å²) in [6, 6.07) is 7.05. The molecule has 1 aliphatic carbocycles. The molecule has 0 saturated carbocycles. The number of nitrogens with zero attached hydrogens (tertiary/aromatic N) is 1. The molecule has 1 heterocycles. The van der Waals surface area contributed by atoms with Crippen molar-refractivity contribution in [3.05, 3.63) is 34.9 Å². The van der Waals surface area contributed by atoms with E-state index in [-0.39, 0.29) is 0 Å². The van der Waals surface area contributed by atoms with E-state index in [1.165, 1.54) is 56.3 Å². The van der Waals surface area contributed by atoms with Crippen LogP contribution in [-0.2, 0) is 0 Å². The largest absolute Gasteiger partial charge is 0.497 e. The molecule has 0 radical (unpaired) electrons. The highest BCUT2D eigenvalue weighted by Gasteiger charge is 2.31. The Morgan fingerprint density at radius 3 is 2.75 bits per heavy atom. The minimum Gasteiger partial charge on any atom is -0.497 e. The molecule has 1 unspecified atom stereocenters. The molecule has 2 aliphatic rings. The lowest BCUT2D eigenvalue weighted by atomic mass is 9.98. The SMILES string of the molecule is CCCCC1=Cc2ccc(OC)cc2C1N1CCCC1. The van der Waals surface area contributed by atoms with Crippen LogP contribution in [0.5, 0.6) is 5.75 Å². The normalized spacial score (nSPS) is 21.9. The summed E-state index contributed by atoms with van der Waals surface area (Å²) in [5.41, 5.74) is 4.46. The maximum absolute atomic E-state index is 5.43. The molecule has 1 saturated heterocycles. The van der Waals surface area contributed by atoms with Crippen molar-refractivity contribution in [1.82, 2.24) is 4.90 Å². The van der Waals surface area contributed by atoms with Crippen molar-refractivity contribution in [2.45, 2.75) is 45.1 Å². The number of hydrogen-bond acceptors (Lipinski definition) is 2. The van der Waals surface area contributed by atoms with Gasteiger partial charge in [-0.3, -0.25) is 4.90 Å². The van der Waals surface area contributed by atoms with Gasteiger partial charge in [0.15, 0.2) is 0 Å². The van der Waals surface area contributed by atoms with Crippen LogP contribution in [0.4, 0.5) is 0 Å². The van der Waals surface area contributed by atoms with Crippen molar-refractivity contribution in [2.24, 2.45) is 0 Å². The molecule has 0 aromatic heterocycles. The van der Waals surface area contributed by atoms with Gasteiger partial charge in [0.05, 0.1) is 13.2 Å². The third-order valence-corrected chi connectivity index (χ3v) is 4.61. The molecule has 20 heavy (non-hydrogen) atoms. The summed E-state index contributed by atoms with van der Waals surface area (Å²) in [7, 11) is 1.76. The molecule has 3 rings (SSSR count). The molecular formula is C18H25NO. The molecule has 0 N–H and O–H groups in total. The number of benzene rings is 1. The highest BCUT2D eigenvalue weighted by atomic mass is 16.5. The highest BCUT2D eigenvalue weighted by Crippen LogP contribution is 2.43. The van der Waals surface area contributed by atoms with E-state index in [0.29, 0.717) is 6.04 Å². The van der Waals surface area contributed by atoms with Crippen LogP contribution in [0.1, 0.15) is 56.2 Å². The van der Waals surface area contributed by atoms with E-state index >= 15 is 0 Å². The van der Waals surface area contributed by atoms with Gasteiger partial charge in [-0.25, -0.2) is 0 Å². The summed E-state index contributed by atoms with van der Waals surface area (Å²) in [5, 5.41) is 0. The van der Waals surface area contributed by atoms with Gasteiger partial charge in [-0.15, -0.1) is 0 Å². The second-order valence-electron chi connectivity index (χ2n) is 5.96. The quantitative estimate of drug-likeness (QED) is 0.786. The highest BCUT2D eigenvalue weighted by molar-refractivity contribution is 5.67. The van der Waals surface area contributed by atoms with E-state index in [0.717, 1.165) is 5.75 Å². The minimum absolute atomic E-state index is 0.508. The van der Waals surface area contributed by atoms with Gasteiger partial charge in [-0.05, 0) is 67.6 Å². The van der Waals surface area contributed by atoms with Gasteiger partial charge >= 0.3 is 0 Å². The summed E-state index contributed by atoms with van der Waals surface area (Å²) < 4.78 is 5.43. The van der Waals surface area contributed by atoms with Crippen LogP contribution >= 0.6 is 0 Å². The smallest absolute Gasteiger partial charge is 0.119 e. The number of rotatable bonds is 5. The topological polar surface area (TPSA) is 12.5 Å². The molecule has 1 fully saturated rings. The Morgan fingerprint density at radius 2 is 2.05 bits per heavy atom. The van der Waals surface area contributed by atoms with Crippen LogP contribution in [0.2, 0.25) is 0 Å². The summed E-state index contributed by atoms with van der Waals surface area (Å²) in [6.07, 6.45) is 8.90. The zero-order valence-corrected chi connectivity index (χ0v) is 12.7. The molecule has 1 atom stereocenters. The van der Waals surface area contributed by atoms with Crippen molar-refractivity contribution in [1.29, 1.82) is 0 Å². The van der Waals surface area contributed by atoms with Gasteiger partial charge in [0.25, 0.3) is 0 Å². The molecule has 1 aliphatic heterocycles. The second-order valence-corrected chi connectivity index (χ2v) is 5.96. The van der Waals surface area contributed by atoms with E-state index in [1.807, 2.05) is 0 Å². The Labute approximate surface area is 122 Å². The molecule has 0 spiro atoms. The fraction of sp³-hybridized carbons (Fsp3) is 0.556. The van der Waals surface area contributed by atoms with E-state index in [1.54, 1.807) is 12.7 Å². The van der Waals surface area contributed by atoms with Gasteiger partial charge < -0.3 is 4.74 Å². The summed E-state index contributed by atoms with van der Waals surface area (Å²) in [6.45, 7) is 4.76. The Bertz CT molecular complexity index is 500. The van der Waals surface area contributed by atoms with Crippen molar-refractivity contribution in [3.8, 4) is 5.75 Å². The lowest BCUT2D eigenvalue weighted by Crippen LogP contribution is -2.25. The molecule has 2 heteroatoms. The molecule has 0 bridgehead atoms. The van der Waals surface area contributed by atoms with E-state index in [4.69, 9.17) is 4.74 Å². The van der Waals surface area contributed by atoms with Crippen molar-refractivity contribution < 1.29 is 4.74 Å². The molecule has 108 valence electrons. The Morgan fingerprint density at radius 1 is 1.25 bits per heavy atom. The fourth-order valence-electron chi connectivity index (χ4n) is 3.55. The Hall–Kier alpha value is -1.28. The first-order chi connectivity index (χ1) is 9.83. The molecule has 0 amide bonds. The third-order valence-electron chi connectivity index (χ3n) is 4.61. The first-order valence-corrected chi connectivity index (χ1v) is 7.96. The average molecular weight is 271 g/mol. The first-order valence-electron chi connectivity index (χ1n) is 7.96. The number of likely N-dealkylation sites (tertiary alicyclic amines) is 1. The number of hydrogen-bond donors (Lipinski definition) is 0. The number of ether oxygens (including phenoxy) is 1. The molecular weight excluding hydrogens is 246 g/mol. The zero-order valence-electron chi connectivity index (χ0n) is 12.7. The van der Waals surface area contributed by atoms with Crippen LogP contribution in [0.25, 0.3) is 6.08 Å². The predicted molar refractivity (Wildman–Crippen MR) is 84.0 cm³/mol. The van der Waals surface area contributed by atoms with Crippen molar-refractivity contribution in [2.75, 3.05) is 20.2 Å². The van der Waals surface area contributed by atoms with Gasteiger partial charge in [-0.1, -0.05) is 25.5 Å². The monoisotopic (exact) mass is 271 g/mol. The molecule has 1 aromatic carbocycles. The van der Waals surface area contributed by atoms with E-state index < -0.39 is 0 Å². The summed E-state index contributed by atoms with van der Waals surface area (Å²) in [4.78, 5) is 2.66. The van der Waals surface area contributed by atoms with Crippen molar-refractivity contribution >= 4 is 6.08 Å². The van der Waals surface area contributed by atoms with E-state index in [2.05, 4.69) is 36.1 Å². The number of unbranched alkanes of at least 4 members (excludes halogenated alkanes) is 1. The first kappa shape index (κ1) is 13.7. The van der Waals surface area contributed by atoms with Crippen LogP contribution in [0, 0.1) is 0 Å². The fourth-order valence-corrected chi connectivity index (χ4v) is 3.55. The van der Waals surface area contributed by atoms with E-state index in [9.17, 15) is 0 Å². The van der Waals surface area contributed by atoms with Crippen LogP contribution in [-0.4, -0.2) is 25.1 Å². The predicted octanol–water partition coefficient (Wildman–Crippen LogP) is 4.42. The van der Waals surface area contributed by atoms with Gasteiger partial charge in [-0.2, -0.15) is 0 Å². The maximum atomic E-state index is 5.43. The summed E-state index contributed by atoms with van der Waals surface area (Å²) >= 11 is 0. The van der Waals surface area contributed by atoms with Crippen LogP contribution < -0.4 is 4.74 Å². The van der Waals surface area contributed by atoms with Gasteiger partial charge in [0.1, 0.15) is 5.75 Å². The minimum atomic E-state index is 0.508. The second kappa shape index (κ2) is 6.01. The summed E-state index contributed by atoms with van der Waals surface area (Å²) in [5.74, 6) is 0.984. The lowest BCUT2D eigenvalue weighted by Gasteiger charge is -2.28. The average Bonchev–Trinajstić information content (AvgIpc) is 3.10. The van der Waals surface area contributed by atoms with Crippen LogP contribution in [0.3, 0.4) is 0 Å². The standard InChI is InChI=1S/C18H25NO/c1-3-4-7-15-12-14-8-9-16(20-2)13-17(14)18(15)19-10-5-6-11-19/h8-9,12-13,18H,3-7,10-11H2,1-2H3. The van der Waals surface area contributed by atoms with Gasteiger partial charge in [0, 0.05) is 0 Å². The third kappa shape index (κ3) is 2.49.